The molecule has 0 amide bonds. The van der Waals surface area contributed by atoms with Crippen LogP contribution in [0.2, 0.25) is 0 Å². The molecule has 0 aliphatic rings. The largest absolute Gasteiger partial charge is 1.00 e. The molecule has 1 aromatic carbocycles. The molecule has 0 saturated heterocycles. The van der Waals surface area contributed by atoms with Gasteiger partial charge in [0.2, 0.25) is 0 Å². The third kappa shape index (κ3) is 34.8. The zero-order valence-corrected chi connectivity index (χ0v) is 41.1. The zero-order chi connectivity index (χ0) is 42.2. The van der Waals surface area contributed by atoms with Crippen molar-refractivity contribution in [3.63, 3.8) is 0 Å². The van der Waals surface area contributed by atoms with E-state index in [0.29, 0.717) is 12.8 Å². The number of benzene rings is 1. The van der Waals surface area contributed by atoms with E-state index in [0.717, 1.165) is 43.9 Å². The van der Waals surface area contributed by atoms with Crippen LogP contribution in [0.25, 0.3) is 0 Å². The van der Waals surface area contributed by atoms with Gasteiger partial charge in [-0.15, -0.1) is 0 Å². The standard InChI is InChI=1S/C50H86O7S.Na/c1-3-5-7-9-11-13-15-17-19-21-23-25-27-29-31-33-35-37-39-43-56-49(51)47-42-41-46(58(53,54)55)45-48(47)50(52)57-44-40-38-36-34-32-30-28-26-24-22-20-18-16-14-12-10-8-6-4-2;/h35-38,41-42,45H,3-34,39-40,43-44H2,1-2H3,(H,53,54,55);/q;+1/p-1/b37-35+,38-36+;. The number of hydrogen-bond acceptors (Lipinski definition) is 7. The molecule has 0 radical (unpaired) electrons. The number of ether oxygens (including phenoxy) is 2. The van der Waals surface area contributed by atoms with Gasteiger partial charge >= 0.3 is 41.5 Å². The Balaban J connectivity index is 0.0000336. The molecular formula is C50H85NaO7S. The summed E-state index contributed by atoms with van der Waals surface area (Å²) in [5.41, 5.74) is -0.407. The first kappa shape index (κ1) is 57.5. The van der Waals surface area contributed by atoms with Crippen molar-refractivity contribution in [1.29, 1.82) is 0 Å². The minimum absolute atomic E-state index is 0. The average Bonchev–Trinajstić information content (AvgIpc) is 3.21. The van der Waals surface area contributed by atoms with Gasteiger partial charge in [-0.3, -0.25) is 0 Å². The van der Waals surface area contributed by atoms with E-state index in [1.54, 1.807) is 0 Å². The zero-order valence-electron chi connectivity index (χ0n) is 38.3. The first-order valence-corrected chi connectivity index (χ1v) is 25.5. The summed E-state index contributed by atoms with van der Waals surface area (Å²) in [5.74, 6) is -1.63. The number of hydrogen-bond donors (Lipinski definition) is 0. The SMILES string of the molecule is CCCCCCCCCCCCCCCCC/C=C/CCOC(=O)c1ccc(S(=O)(=O)[O-])cc1C(=O)OCC/C=C/CCCCCCCCCCCCCCCCC.[Na+]. The van der Waals surface area contributed by atoms with Crippen molar-refractivity contribution in [2.24, 2.45) is 0 Å². The summed E-state index contributed by atoms with van der Waals surface area (Å²) in [5, 5.41) is 0. The summed E-state index contributed by atoms with van der Waals surface area (Å²) >= 11 is 0. The van der Waals surface area contributed by atoms with Gasteiger partial charge in [0, 0.05) is 0 Å². The second-order valence-electron chi connectivity index (χ2n) is 16.4. The molecule has 0 saturated carbocycles. The molecule has 0 aliphatic heterocycles. The molecular weight excluding hydrogens is 768 g/mol. The molecule has 7 nitrogen and oxygen atoms in total. The summed E-state index contributed by atoms with van der Waals surface area (Å²) in [4.78, 5) is 25.2. The second-order valence-corrected chi connectivity index (χ2v) is 17.8. The monoisotopic (exact) mass is 853 g/mol. The number of carbonyl (C=O) groups excluding carboxylic acids is 2. The Hall–Kier alpha value is -1.45. The van der Waals surface area contributed by atoms with Crippen molar-refractivity contribution >= 4 is 22.1 Å². The summed E-state index contributed by atoms with van der Waals surface area (Å²) in [6, 6.07) is 3.08. The van der Waals surface area contributed by atoms with Crippen LogP contribution in [0.15, 0.2) is 47.4 Å². The van der Waals surface area contributed by atoms with E-state index >= 15 is 0 Å². The van der Waals surface area contributed by atoms with Crippen molar-refractivity contribution < 1.29 is 61.6 Å². The van der Waals surface area contributed by atoms with E-state index in [-0.39, 0.29) is 53.9 Å². The van der Waals surface area contributed by atoms with E-state index in [4.69, 9.17) is 9.47 Å². The second kappa shape index (κ2) is 41.9. The molecule has 0 heterocycles. The van der Waals surface area contributed by atoms with Gasteiger partial charge in [-0.1, -0.05) is 218 Å². The van der Waals surface area contributed by atoms with E-state index in [1.165, 1.54) is 180 Å². The normalized spacial score (nSPS) is 11.7. The molecule has 1 rings (SSSR count). The van der Waals surface area contributed by atoms with Gasteiger partial charge in [-0.2, -0.15) is 0 Å². The minimum atomic E-state index is -4.83. The molecule has 0 spiro atoms. The average molecular weight is 853 g/mol. The number of rotatable bonds is 41. The van der Waals surface area contributed by atoms with Crippen LogP contribution in [0.4, 0.5) is 0 Å². The summed E-state index contributed by atoms with van der Waals surface area (Å²) < 4.78 is 45.7. The molecule has 0 fully saturated rings. The van der Waals surface area contributed by atoms with Crippen molar-refractivity contribution in [2.45, 2.75) is 237 Å². The Morgan fingerprint density at radius 2 is 0.746 bits per heavy atom. The van der Waals surface area contributed by atoms with Crippen molar-refractivity contribution in [2.75, 3.05) is 13.2 Å². The molecule has 0 atom stereocenters. The first-order chi connectivity index (χ1) is 28.3. The Morgan fingerprint density at radius 1 is 0.458 bits per heavy atom. The Morgan fingerprint density at radius 3 is 1.07 bits per heavy atom. The third-order valence-corrected chi connectivity index (χ3v) is 11.9. The molecule has 0 aromatic heterocycles. The van der Waals surface area contributed by atoms with Gasteiger partial charge in [0.05, 0.1) is 29.2 Å². The Labute approximate surface area is 385 Å². The molecule has 334 valence electrons. The fourth-order valence-corrected chi connectivity index (χ4v) is 7.86. The Bertz CT molecular complexity index is 1310. The van der Waals surface area contributed by atoms with Crippen LogP contribution in [0.1, 0.15) is 253 Å². The molecule has 9 heteroatoms. The van der Waals surface area contributed by atoms with Gasteiger partial charge in [-0.25, -0.2) is 18.0 Å². The van der Waals surface area contributed by atoms with Gasteiger partial charge in [0.25, 0.3) is 0 Å². The van der Waals surface area contributed by atoms with E-state index < -0.39 is 27.0 Å². The third-order valence-electron chi connectivity index (χ3n) is 11.0. The van der Waals surface area contributed by atoms with E-state index in [2.05, 4.69) is 26.0 Å². The van der Waals surface area contributed by atoms with Gasteiger partial charge in [-0.05, 0) is 56.7 Å². The maximum atomic E-state index is 12.9. The Kier molecular flexibility index (Phi) is 40.9. The smallest absolute Gasteiger partial charge is 0.744 e. The summed E-state index contributed by atoms with van der Waals surface area (Å²) in [6.45, 7) is 4.73. The van der Waals surface area contributed by atoms with Gasteiger partial charge in [0.15, 0.2) is 0 Å². The maximum absolute atomic E-state index is 12.9. The fourth-order valence-electron chi connectivity index (χ4n) is 7.36. The topological polar surface area (TPSA) is 110 Å². The molecule has 0 N–H and O–H groups in total. The minimum Gasteiger partial charge on any atom is -0.744 e. The number of carbonyl (C=O) groups is 2. The summed E-state index contributed by atoms with van der Waals surface area (Å²) in [6.07, 6.45) is 51.3. The first-order valence-electron chi connectivity index (χ1n) is 24.0. The summed E-state index contributed by atoms with van der Waals surface area (Å²) in [7, 11) is -4.83. The predicted molar refractivity (Wildman–Crippen MR) is 242 cm³/mol. The van der Waals surface area contributed by atoms with Crippen LogP contribution in [-0.2, 0) is 19.6 Å². The quantitative estimate of drug-likeness (QED) is 0.0212. The predicted octanol–water partition coefficient (Wildman–Crippen LogP) is 12.3. The van der Waals surface area contributed by atoms with E-state index in [1.807, 2.05) is 12.2 Å². The number of unbranched alkanes of at least 4 members (excludes halogenated alkanes) is 30. The van der Waals surface area contributed by atoms with Crippen molar-refractivity contribution in [3.05, 3.63) is 53.6 Å². The fraction of sp³-hybridized carbons (Fsp3) is 0.760. The maximum Gasteiger partial charge on any atom is 1.00 e. The van der Waals surface area contributed by atoms with Crippen molar-refractivity contribution in [3.8, 4) is 0 Å². The van der Waals surface area contributed by atoms with Gasteiger partial charge < -0.3 is 14.0 Å². The molecule has 1 aromatic rings. The molecule has 0 unspecified atom stereocenters. The van der Waals surface area contributed by atoms with Crippen LogP contribution in [0.3, 0.4) is 0 Å². The van der Waals surface area contributed by atoms with E-state index in [9.17, 15) is 22.6 Å². The van der Waals surface area contributed by atoms with Crippen LogP contribution >= 0.6 is 0 Å². The van der Waals surface area contributed by atoms with Crippen LogP contribution in [0, 0.1) is 0 Å². The van der Waals surface area contributed by atoms with Gasteiger partial charge in [0.1, 0.15) is 10.1 Å². The number of esters is 2. The van der Waals surface area contributed by atoms with Crippen LogP contribution in [0.5, 0.6) is 0 Å². The van der Waals surface area contributed by atoms with Crippen LogP contribution < -0.4 is 29.6 Å². The van der Waals surface area contributed by atoms with Crippen LogP contribution in [-0.4, -0.2) is 38.1 Å². The molecule has 59 heavy (non-hydrogen) atoms. The molecule has 0 bridgehead atoms. The van der Waals surface area contributed by atoms with Crippen molar-refractivity contribution in [1.82, 2.24) is 0 Å². The number of allylic oxidation sites excluding steroid dienone is 2. The molecule has 0 aliphatic carbocycles.